The van der Waals surface area contributed by atoms with Crippen LogP contribution in [0.1, 0.15) is 33.0 Å². The van der Waals surface area contributed by atoms with Crippen molar-refractivity contribution in [2.24, 2.45) is 10.9 Å². The van der Waals surface area contributed by atoms with E-state index in [1.807, 2.05) is 66.9 Å². The molecule has 0 aliphatic rings. The molecule has 3 heterocycles. The van der Waals surface area contributed by atoms with Gasteiger partial charge in [-0.1, -0.05) is 43.7 Å². The predicted octanol–water partition coefficient (Wildman–Crippen LogP) is 7.07. The molecule has 192 valence electrons. The van der Waals surface area contributed by atoms with Crippen LogP contribution in [0.4, 0.5) is 14.5 Å². The van der Waals surface area contributed by atoms with Gasteiger partial charge in [0.1, 0.15) is 33.8 Å². The third kappa shape index (κ3) is 7.92. The lowest BCUT2D eigenvalue weighted by Crippen LogP contribution is -2.25. The number of thiophene rings is 1. The Morgan fingerprint density at radius 3 is 2.43 bits per heavy atom. The number of para-hydroxylation sites is 1. The zero-order chi connectivity index (χ0) is 26.6. The van der Waals surface area contributed by atoms with Crippen molar-refractivity contribution < 1.29 is 13.2 Å². The summed E-state index contributed by atoms with van der Waals surface area (Å²) in [7, 11) is 0. The van der Waals surface area contributed by atoms with Gasteiger partial charge in [-0.3, -0.25) is 0 Å². The zero-order valence-corrected chi connectivity index (χ0v) is 21.6. The topological polar surface area (TPSA) is 85.5 Å². The first-order valence-electron chi connectivity index (χ1n) is 11.5. The Labute approximate surface area is 218 Å². The van der Waals surface area contributed by atoms with Crippen LogP contribution in [-0.4, -0.2) is 20.7 Å². The highest BCUT2D eigenvalue weighted by atomic mass is 32.1. The average molecular weight is 523 g/mol. The third-order valence-corrected chi connectivity index (χ3v) is 5.45. The van der Waals surface area contributed by atoms with Crippen molar-refractivity contribution in [3.8, 4) is 16.3 Å². The molecule has 0 spiro atoms. The summed E-state index contributed by atoms with van der Waals surface area (Å²) in [6.45, 7) is 6.10. The summed E-state index contributed by atoms with van der Waals surface area (Å²) >= 11 is 1.50. The van der Waals surface area contributed by atoms with Gasteiger partial charge in [-0.05, 0) is 60.8 Å². The largest absolute Gasteiger partial charge is 0.463 e. The van der Waals surface area contributed by atoms with E-state index in [9.17, 15) is 8.78 Å². The number of nitrogens with zero attached hydrogens (tertiary/aromatic N) is 5. The summed E-state index contributed by atoms with van der Waals surface area (Å²) in [6.07, 6.45) is 4.47. The highest BCUT2D eigenvalue weighted by Crippen LogP contribution is 2.23. The molecule has 0 amide bonds. The Hall–Kier alpha value is -4.15. The average Bonchev–Trinajstić information content (AvgIpc) is 3.68. The van der Waals surface area contributed by atoms with Crippen LogP contribution in [0.15, 0.2) is 100 Å². The van der Waals surface area contributed by atoms with E-state index in [1.165, 1.54) is 35.0 Å². The molecule has 0 fully saturated rings. The molecule has 0 atom stereocenters. The van der Waals surface area contributed by atoms with Crippen molar-refractivity contribution >= 4 is 22.7 Å². The summed E-state index contributed by atoms with van der Waals surface area (Å²) in [4.78, 5) is 0. The normalized spacial score (nSPS) is 10.7. The number of hydrogen-bond donors (Lipinski definition) is 1. The lowest BCUT2D eigenvalue weighted by molar-refractivity contribution is 0.556. The number of benzene rings is 2. The minimum atomic E-state index is -0.645. The van der Waals surface area contributed by atoms with Gasteiger partial charge in [-0.25, -0.2) is 19.3 Å². The third-order valence-electron chi connectivity index (χ3n) is 4.59. The maximum atomic E-state index is 13.6. The molecule has 5 rings (SSSR count). The van der Waals surface area contributed by atoms with Gasteiger partial charge in [-0.15, -0.1) is 16.4 Å². The van der Waals surface area contributed by atoms with E-state index in [4.69, 9.17) is 10.3 Å². The number of halogens is 2. The Bertz CT molecular complexity index is 1370. The van der Waals surface area contributed by atoms with E-state index < -0.39 is 11.6 Å². The molecule has 7 nitrogen and oxygen atoms in total. The van der Waals surface area contributed by atoms with Crippen LogP contribution in [0.3, 0.4) is 0 Å². The minimum absolute atomic E-state index is 0.235. The summed E-state index contributed by atoms with van der Waals surface area (Å²) in [5.41, 5.74) is 2.17. The maximum absolute atomic E-state index is 13.6. The number of aromatic nitrogens is 3. The first-order chi connectivity index (χ1) is 17.9. The van der Waals surface area contributed by atoms with E-state index in [2.05, 4.69) is 29.3 Å². The number of nitrogens with two attached hydrogens (primary N) is 1. The molecule has 5 aromatic rings. The van der Waals surface area contributed by atoms with Crippen LogP contribution < -0.4 is 11.0 Å². The van der Waals surface area contributed by atoms with Gasteiger partial charge in [-0.2, -0.15) is 10.2 Å². The second-order valence-electron chi connectivity index (χ2n) is 7.67. The number of anilines is 1. The second-order valence-corrected chi connectivity index (χ2v) is 8.60. The van der Waals surface area contributed by atoms with Gasteiger partial charge in [0.25, 0.3) is 0 Å². The highest BCUT2D eigenvalue weighted by Gasteiger charge is 2.11. The Kier molecular flexibility index (Phi) is 10.2. The maximum Gasteiger partial charge on any atom is 0.149 e. The van der Waals surface area contributed by atoms with Crippen molar-refractivity contribution in [3.05, 3.63) is 108 Å². The van der Waals surface area contributed by atoms with Crippen LogP contribution >= 0.6 is 11.3 Å². The zero-order valence-electron chi connectivity index (χ0n) is 20.8. The van der Waals surface area contributed by atoms with E-state index in [-0.39, 0.29) is 5.56 Å². The smallest absolute Gasteiger partial charge is 0.149 e. The van der Waals surface area contributed by atoms with Crippen LogP contribution in [0.2, 0.25) is 0 Å². The molecular weight excluding hydrogens is 494 g/mol. The lowest BCUT2D eigenvalue weighted by atomic mass is 10.1. The van der Waals surface area contributed by atoms with Crippen molar-refractivity contribution in [2.75, 3.05) is 5.12 Å². The monoisotopic (exact) mass is 522 g/mol. The Balaban J connectivity index is 0.000000187. The molecule has 0 aliphatic heterocycles. The van der Waals surface area contributed by atoms with Gasteiger partial charge >= 0.3 is 0 Å². The number of hydrazine groups is 1. The van der Waals surface area contributed by atoms with Crippen molar-refractivity contribution in [3.63, 3.8) is 0 Å². The molecule has 0 saturated carbocycles. The summed E-state index contributed by atoms with van der Waals surface area (Å²) in [6, 6.07) is 20.3. The van der Waals surface area contributed by atoms with Gasteiger partial charge in [0.15, 0.2) is 0 Å². The molecule has 2 aromatic carbocycles. The number of rotatable bonds is 5. The van der Waals surface area contributed by atoms with E-state index in [0.29, 0.717) is 11.5 Å². The minimum Gasteiger partial charge on any atom is -0.463 e. The van der Waals surface area contributed by atoms with E-state index in [1.54, 1.807) is 17.1 Å². The number of hydrogen-bond acceptors (Lipinski definition) is 7. The van der Waals surface area contributed by atoms with Crippen molar-refractivity contribution in [2.45, 2.75) is 27.2 Å². The number of furan rings is 1. The first kappa shape index (κ1) is 27.4. The van der Waals surface area contributed by atoms with Crippen LogP contribution in [0.25, 0.3) is 16.3 Å². The summed E-state index contributed by atoms with van der Waals surface area (Å²) < 4.78 is 33.2. The van der Waals surface area contributed by atoms with Crippen LogP contribution in [0, 0.1) is 11.6 Å². The molecule has 0 saturated heterocycles. The molecule has 0 unspecified atom stereocenters. The number of hydrazone groups is 1. The SMILES string of the molecule is C/C(=N\N(N)c1ccccc1)c1ccco1.CCC.Fc1ccc(-c2cn(-c3cccs3)nn2)c(F)c1. The predicted molar refractivity (Wildman–Crippen MR) is 145 cm³/mol. The van der Waals surface area contributed by atoms with Gasteiger partial charge in [0.2, 0.25) is 0 Å². The van der Waals surface area contributed by atoms with Crippen LogP contribution in [0.5, 0.6) is 0 Å². The van der Waals surface area contributed by atoms with Gasteiger partial charge in [0.05, 0.1) is 18.1 Å². The van der Waals surface area contributed by atoms with Crippen LogP contribution in [-0.2, 0) is 0 Å². The Morgan fingerprint density at radius 1 is 1.05 bits per heavy atom. The highest BCUT2D eigenvalue weighted by molar-refractivity contribution is 7.12. The quantitative estimate of drug-likeness (QED) is 0.152. The molecule has 0 aliphatic carbocycles. The fourth-order valence-electron chi connectivity index (χ4n) is 2.93. The van der Waals surface area contributed by atoms with E-state index in [0.717, 1.165) is 22.5 Å². The molecule has 0 bridgehead atoms. The molecule has 37 heavy (non-hydrogen) atoms. The molecular formula is C27H28F2N6OS. The molecule has 0 radical (unpaired) electrons. The van der Waals surface area contributed by atoms with Crippen molar-refractivity contribution in [1.29, 1.82) is 0 Å². The summed E-state index contributed by atoms with van der Waals surface area (Å²) in [5.74, 6) is 5.27. The summed E-state index contributed by atoms with van der Waals surface area (Å²) in [5, 5.41) is 16.2. The van der Waals surface area contributed by atoms with E-state index >= 15 is 0 Å². The first-order valence-corrected chi connectivity index (χ1v) is 12.4. The fraction of sp³-hybridized carbons (Fsp3) is 0.148. The second kappa shape index (κ2) is 13.8. The standard InChI is InChI=1S/C12H7F2N3S.C12H13N3O.C3H8/c13-8-3-4-9(10(14)6-8)11-7-17(16-15-11)12-2-1-5-18-12;1-10(12-8-5-9-16-12)14-15(13)11-6-3-2-4-7-11;1-3-2/h1-7H;2-9H,13H2,1H3;3H2,1-2H3/b;14-10+;. The van der Waals surface area contributed by atoms with Gasteiger partial charge in [0, 0.05) is 11.6 Å². The van der Waals surface area contributed by atoms with Crippen molar-refractivity contribution in [1.82, 2.24) is 15.0 Å². The molecule has 10 heteroatoms. The van der Waals surface area contributed by atoms with Gasteiger partial charge < -0.3 is 4.42 Å². The molecule has 2 N–H and O–H groups in total. The molecule has 3 aromatic heterocycles. The lowest BCUT2D eigenvalue weighted by Gasteiger charge is -2.12. The Morgan fingerprint density at radius 2 is 1.81 bits per heavy atom. The fourth-order valence-corrected chi connectivity index (χ4v) is 3.58.